The molecule has 8 nitrogen and oxygen atoms in total. The molecular formula is C26H39N7O. The largest absolute Gasteiger partial charge is 0.395 e. The number of anilines is 2. The Labute approximate surface area is 202 Å². The molecule has 1 aromatic carbocycles. The van der Waals surface area contributed by atoms with Crippen molar-refractivity contribution in [2.45, 2.75) is 46.2 Å². The summed E-state index contributed by atoms with van der Waals surface area (Å²) in [6, 6.07) is 8.85. The molecule has 2 aromatic heterocycles. The fourth-order valence-electron chi connectivity index (χ4n) is 4.75. The zero-order chi connectivity index (χ0) is 23.9. The molecule has 4 rings (SSSR count). The molecule has 1 aliphatic rings. The van der Waals surface area contributed by atoms with Crippen LogP contribution in [0.25, 0.3) is 11.0 Å². The SMILES string of the molecule is CCCCCNc1nc(N)nc2ccn(Cc3ccc(CN4CCN(CCO)CC4)cc3C)c12. The van der Waals surface area contributed by atoms with Gasteiger partial charge in [-0.1, -0.05) is 38.0 Å². The molecule has 4 N–H and O–H groups in total. The molecule has 1 aliphatic heterocycles. The van der Waals surface area contributed by atoms with Crippen molar-refractivity contribution in [3.8, 4) is 0 Å². The Morgan fingerprint density at radius 3 is 2.56 bits per heavy atom. The molecule has 0 amide bonds. The maximum atomic E-state index is 9.14. The molecule has 3 heterocycles. The summed E-state index contributed by atoms with van der Waals surface area (Å²) in [6.07, 6.45) is 5.57. The molecule has 3 aromatic rings. The second-order valence-corrected chi connectivity index (χ2v) is 9.34. The van der Waals surface area contributed by atoms with Crippen molar-refractivity contribution in [2.75, 3.05) is 56.9 Å². The summed E-state index contributed by atoms with van der Waals surface area (Å²) in [5, 5.41) is 12.6. The zero-order valence-electron chi connectivity index (χ0n) is 20.6. The van der Waals surface area contributed by atoms with E-state index in [1.54, 1.807) is 0 Å². The second kappa shape index (κ2) is 11.6. The first-order chi connectivity index (χ1) is 16.6. The van der Waals surface area contributed by atoms with Crippen LogP contribution in [0, 0.1) is 6.92 Å². The summed E-state index contributed by atoms with van der Waals surface area (Å²) < 4.78 is 2.22. The Balaban J connectivity index is 1.45. The van der Waals surface area contributed by atoms with Crippen molar-refractivity contribution in [1.82, 2.24) is 24.3 Å². The van der Waals surface area contributed by atoms with Crippen LogP contribution in [0.4, 0.5) is 11.8 Å². The van der Waals surface area contributed by atoms with E-state index in [2.05, 4.69) is 67.9 Å². The van der Waals surface area contributed by atoms with Gasteiger partial charge in [0.25, 0.3) is 0 Å². The number of nitrogen functional groups attached to an aromatic ring is 1. The monoisotopic (exact) mass is 465 g/mol. The predicted octanol–water partition coefficient (Wildman–Crippen LogP) is 3.08. The molecule has 1 fully saturated rings. The molecule has 0 unspecified atom stereocenters. The molecule has 184 valence electrons. The standard InChI is InChI=1S/C26H39N7O/c1-3-4-5-9-28-25-24-23(29-26(27)30-25)8-10-33(24)19-22-7-6-21(17-20(22)2)18-32-13-11-31(12-14-32)15-16-34/h6-8,10,17,34H,3-5,9,11-16,18-19H2,1-2H3,(H3,27,28,29,30). The number of aliphatic hydroxyl groups is 1. The van der Waals surface area contributed by atoms with E-state index in [1.807, 2.05) is 6.07 Å². The van der Waals surface area contributed by atoms with Crippen LogP contribution in [-0.2, 0) is 13.1 Å². The van der Waals surface area contributed by atoms with Gasteiger partial charge in [0.1, 0.15) is 5.52 Å². The summed E-state index contributed by atoms with van der Waals surface area (Å²) in [6.45, 7) is 12.2. The van der Waals surface area contributed by atoms with Crippen LogP contribution in [0.5, 0.6) is 0 Å². The van der Waals surface area contributed by atoms with E-state index in [9.17, 15) is 0 Å². The topological polar surface area (TPSA) is 95.5 Å². The summed E-state index contributed by atoms with van der Waals surface area (Å²) in [7, 11) is 0. The van der Waals surface area contributed by atoms with Crippen LogP contribution in [0.15, 0.2) is 30.5 Å². The molecule has 0 aliphatic carbocycles. The van der Waals surface area contributed by atoms with Crippen molar-refractivity contribution < 1.29 is 5.11 Å². The first-order valence-electron chi connectivity index (χ1n) is 12.6. The lowest BCUT2D eigenvalue weighted by atomic mass is 10.0. The third kappa shape index (κ3) is 6.05. The number of hydrogen-bond donors (Lipinski definition) is 3. The maximum absolute atomic E-state index is 9.14. The summed E-state index contributed by atoms with van der Waals surface area (Å²) >= 11 is 0. The number of nitrogens with two attached hydrogens (primary N) is 1. The maximum Gasteiger partial charge on any atom is 0.222 e. The minimum Gasteiger partial charge on any atom is -0.395 e. The fraction of sp³-hybridized carbons (Fsp3) is 0.538. The number of aromatic nitrogens is 3. The normalized spacial score (nSPS) is 15.3. The van der Waals surface area contributed by atoms with Gasteiger partial charge in [-0.25, -0.2) is 4.98 Å². The lowest BCUT2D eigenvalue weighted by Gasteiger charge is -2.34. The highest BCUT2D eigenvalue weighted by molar-refractivity contribution is 5.87. The fourth-order valence-corrected chi connectivity index (χ4v) is 4.75. The van der Waals surface area contributed by atoms with Gasteiger partial charge in [-0.05, 0) is 36.1 Å². The first kappa shape index (κ1) is 24.4. The third-order valence-electron chi connectivity index (χ3n) is 6.74. The third-order valence-corrected chi connectivity index (χ3v) is 6.74. The van der Waals surface area contributed by atoms with Gasteiger partial charge in [0.15, 0.2) is 5.82 Å². The average molecular weight is 466 g/mol. The molecule has 0 bridgehead atoms. The van der Waals surface area contributed by atoms with Gasteiger partial charge in [-0.3, -0.25) is 9.80 Å². The van der Waals surface area contributed by atoms with E-state index in [-0.39, 0.29) is 6.61 Å². The summed E-state index contributed by atoms with van der Waals surface area (Å²) in [5.74, 6) is 1.12. The van der Waals surface area contributed by atoms with Crippen molar-refractivity contribution >= 4 is 22.8 Å². The zero-order valence-corrected chi connectivity index (χ0v) is 20.6. The average Bonchev–Trinajstić information content (AvgIpc) is 3.22. The van der Waals surface area contributed by atoms with Crippen molar-refractivity contribution in [3.05, 3.63) is 47.2 Å². The summed E-state index contributed by atoms with van der Waals surface area (Å²) in [4.78, 5) is 13.8. The highest BCUT2D eigenvalue weighted by Crippen LogP contribution is 2.25. The van der Waals surface area contributed by atoms with Crippen LogP contribution in [0.3, 0.4) is 0 Å². The van der Waals surface area contributed by atoms with E-state index in [4.69, 9.17) is 10.8 Å². The van der Waals surface area contributed by atoms with E-state index in [1.165, 1.54) is 29.5 Å². The number of aliphatic hydroxyl groups excluding tert-OH is 1. The molecule has 0 atom stereocenters. The number of nitrogens with zero attached hydrogens (tertiary/aromatic N) is 5. The highest BCUT2D eigenvalue weighted by Gasteiger charge is 2.17. The van der Waals surface area contributed by atoms with Crippen LogP contribution >= 0.6 is 0 Å². The van der Waals surface area contributed by atoms with Gasteiger partial charge in [0.2, 0.25) is 5.95 Å². The Hall–Kier alpha value is -2.68. The van der Waals surface area contributed by atoms with E-state index >= 15 is 0 Å². The molecule has 1 saturated heterocycles. The molecule has 0 saturated carbocycles. The number of piperazine rings is 1. The Bertz CT molecular complexity index is 1070. The van der Waals surface area contributed by atoms with E-state index < -0.39 is 0 Å². The number of nitrogens with one attached hydrogen (secondary N) is 1. The van der Waals surface area contributed by atoms with Crippen LogP contribution in [-0.4, -0.2) is 75.3 Å². The highest BCUT2D eigenvalue weighted by atomic mass is 16.3. The molecular weight excluding hydrogens is 426 g/mol. The molecule has 34 heavy (non-hydrogen) atoms. The van der Waals surface area contributed by atoms with Gasteiger partial charge >= 0.3 is 0 Å². The smallest absolute Gasteiger partial charge is 0.222 e. The van der Waals surface area contributed by atoms with Gasteiger partial charge in [-0.15, -0.1) is 0 Å². The quantitative estimate of drug-likeness (QED) is 0.375. The van der Waals surface area contributed by atoms with Gasteiger partial charge in [0.05, 0.1) is 12.1 Å². The Morgan fingerprint density at radius 2 is 1.82 bits per heavy atom. The van der Waals surface area contributed by atoms with Crippen LogP contribution in [0.1, 0.15) is 42.9 Å². The lowest BCUT2D eigenvalue weighted by Crippen LogP contribution is -2.46. The number of unbranched alkanes of at least 4 members (excludes halogenated alkanes) is 2. The number of fused-ring (bicyclic) bond motifs is 1. The van der Waals surface area contributed by atoms with Crippen LogP contribution < -0.4 is 11.1 Å². The Kier molecular flexibility index (Phi) is 8.37. The number of aryl methyl sites for hydroxylation is 1. The number of β-amino-alcohol motifs (C(OH)–C–C–N with tert-alkyl or cyclic N) is 1. The molecule has 0 spiro atoms. The van der Waals surface area contributed by atoms with Crippen LogP contribution in [0.2, 0.25) is 0 Å². The molecule has 8 heteroatoms. The second-order valence-electron chi connectivity index (χ2n) is 9.34. The van der Waals surface area contributed by atoms with Gasteiger partial charge in [-0.2, -0.15) is 4.98 Å². The Morgan fingerprint density at radius 1 is 1.03 bits per heavy atom. The molecule has 0 radical (unpaired) electrons. The van der Waals surface area contributed by atoms with Gasteiger partial charge in [0, 0.05) is 58.6 Å². The summed E-state index contributed by atoms with van der Waals surface area (Å²) in [5.41, 5.74) is 11.8. The number of rotatable bonds is 11. The van der Waals surface area contributed by atoms with E-state index in [0.717, 1.165) is 75.6 Å². The predicted molar refractivity (Wildman–Crippen MR) is 139 cm³/mol. The lowest BCUT2D eigenvalue weighted by molar-refractivity contribution is 0.108. The van der Waals surface area contributed by atoms with E-state index in [0.29, 0.717) is 5.95 Å². The first-order valence-corrected chi connectivity index (χ1v) is 12.6. The number of hydrogen-bond acceptors (Lipinski definition) is 7. The van der Waals surface area contributed by atoms with Crippen molar-refractivity contribution in [3.63, 3.8) is 0 Å². The number of benzene rings is 1. The van der Waals surface area contributed by atoms with Crippen molar-refractivity contribution in [2.24, 2.45) is 0 Å². The van der Waals surface area contributed by atoms with Crippen molar-refractivity contribution in [1.29, 1.82) is 0 Å². The minimum atomic E-state index is 0.243. The minimum absolute atomic E-state index is 0.243. The van der Waals surface area contributed by atoms with Gasteiger partial charge < -0.3 is 20.7 Å².